The summed E-state index contributed by atoms with van der Waals surface area (Å²) in [5.41, 5.74) is 0.669. The summed E-state index contributed by atoms with van der Waals surface area (Å²) in [5, 5.41) is 3.24. The average molecular weight is 416 g/mol. The van der Waals surface area contributed by atoms with Gasteiger partial charge in [-0.15, -0.1) is 30.4 Å². The Labute approximate surface area is 148 Å². The Hall–Kier alpha value is -1.49. The topological polar surface area (TPSA) is 30.9 Å². The molecule has 1 aliphatic heterocycles. The summed E-state index contributed by atoms with van der Waals surface area (Å²) in [5.74, 6) is 3.19. The molecule has 0 aliphatic carbocycles. The zero-order valence-corrected chi connectivity index (χ0v) is 15.1. The van der Waals surface area contributed by atoms with Gasteiger partial charge in [-0.05, 0) is 19.1 Å². The molecule has 0 bridgehead atoms. The Bertz CT molecular complexity index is 533. The number of piperazine rings is 1. The van der Waals surface area contributed by atoms with Crippen LogP contribution < -0.4 is 10.2 Å². The zero-order valence-electron chi connectivity index (χ0n) is 12.8. The minimum Gasteiger partial charge on any atom is -0.366 e. The molecule has 1 heterocycles. The molecule has 2 rings (SSSR count). The number of nitrogens with zero attached hydrogens (tertiary/aromatic N) is 3. The number of anilines is 1. The fourth-order valence-corrected chi connectivity index (χ4v) is 2.41. The van der Waals surface area contributed by atoms with Crippen LogP contribution in [0.2, 0.25) is 0 Å². The summed E-state index contributed by atoms with van der Waals surface area (Å²) in [4.78, 5) is 8.60. The third-order valence-electron chi connectivity index (χ3n) is 3.43. The molecule has 120 valence electrons. The largest absolute Gasteiger partial charge is 0.366 e. The van der Waals surface area contributed by atoms with E-state index in [1.54, 1.807) is 6.07 Å². The van der Waals surface area contributed by atoms with E-state index in [1.165, 1.54) is 6.07 Å². The van der Waals surface area contributed by atoms with E-state index in [9.17, 15) is 4.39 Å². The molecule has 1 aromatic rings. The molecule has 4 nitrogen and oxygen atoms in total. The number of nitrogens with one attached hydrogen (secondary N) is 1. The zero-order chi connectivity index (χ0) is 15.1. The number of halogens is 2. The van der Waals surface area contributed by atoms with Gasteiger partial charge in [0.25, 0.3) is 0 Å². The summed E-state index contributed by atoms with van der Waals surface area (Å²) in [6.45, 7) is 6.33. The average Bonchev–Trinajstić information content (AvgIpc) is 2.52. The van der Waals surface area contributed by atoms with E-state index < -0.39 is 0 Å². The molecule has 0 unspecified atom stereocenters. The molecule has 0 radical (unpaired) electrons. The third kappa shape index (κ3) is 4.77. The predicted molar refractivity (Wildman–Crippen MR) is 100 cm³/mol. The minimum absolute atomic E-state index is 0. The van der Waals surface area contributed by atoms with Crippen LogP contribution in [0.5, 0.6) is 0 Å². The van der Waals surface area contributed by atoms with Crippen molar-refractivity contribution >= 4 is 35.6 Å². The van der Waals surface area contributed by atoms with Gasteiger partial charge in [-0.1, -0.05) is 18.1 Å². The summed E-state index contributed by atoms with van der Waals surface area (Å²) in [6.07, 6.45) is 5.26. The first-order valence-corrected chi connectivity index (χ1v) is 7.22. The number of hydrogen-bond acceptors (Lipinski definition) is 2. The van der Waals surface area contributed by atoms with Gasteiger partial charge in [0, 0.05) is 32.7 Å². The summed E-state index contributed by atoms with van der Waals surface area (Å²) in [7, 11) is 0. The van der Waals surface area contributed by atoms with Crippen molar-refractivity contribution in [3.63, 3.8) is 0 Å². The van der Waals surface area contributed by atoms with Gasteiger partial charge in [0.1, 0.15) is 12.4 Å². The lowest BCUT2D eigenvalue weighted by atomic mass is 10.2. The second kappa shape index (κ2) is 9.51. The number of rotatable bonds is 3. The lowest BCUT2D eigenvalue weighted by Crippen LogP contribution is -2.52. The number of aliphatic imine (C=N–C) groups is 1. The monoisotopic (exact) mass is 416 g/mol. The highest BCUT2D eigenvalue weighted by atomic mass is 127. The van der Waals surface area contributed by atoms with Crippen LogP contribution in [0, 0.1) is 18.2 Å². The summed E-state index contributed by atoms with van der Waals surface area (Å²) < 4.78 is 13.8. The SMILES string of the molecule is C#CCN=C(NCC)N1CCN(c2ccccc2F)CC1.I. The summed E-state index contributed by atoms with van der Waals surface area (Å²) in [6, 6.07) is 6.90. The number of para-hydroxylation sites is 1. The van der Waals surface area contributed by atoms with Gasteiger partial charge < -0.3 is 15.1 Å². The smallest absolute Gasteiger partial charge is 0.195 e. The Balaban J connectivity index is 0.00000242. The molecule has 0 amide bonds. The number of hydrogen-bond donors (Lipinski definition) is 1. The van der Waals surface area contributed by atoms with Crippen LogP contribution >= 0.6 is 24.0 Å². The highest BCUT2D eigenvalue weighted by Crippen LogP contribution is 2.20. The highest BCUT2D eigenvalue weighted by molar-refractivity contribution is 14.0. The fraction of sp³-hybridized carbons (Fsp3) is 0.438. The van der Waals surface area contributed by atoms with Crippen LogP contribution in [0.25, 0.3) is 0 Å². The molecule has 0 aromatic heterocycles. The van der Waals surface area contributed by atoms with Crippen molar-refractivity contribution in [2.45, 2.75) is 6.92 Å². The molecule has 1 aliphatic rings. The van der Waals surface area contributed by atoms with E-state index >= 15 is 0 Å². The van der Waals surface area contributed by atoms with E-state index in [2.05, 4.69) is 26.0 Å². The molecule has 1 fully saturated rings. The van der Waals surface area contributed by atoms with Crippen molar-refractivity contribution < 1.29 is 4.39 Å². The molecular weight excluding hydrogens is 394 g/mol. The number of terminal acetylenes is 1. The minimum atomic E-state index is -0.168. The molecule has 1 N–H and O–H groups in total. The summed E-state index contributed by atoms with van der Waals surface area (Å²) >= 11 is 0. The van der Waals surface area contributed by atoms with Crippen molar-refractivity contribution in [2.75, 3.05) is 44.2 Å². The van der Waals surface area contributed by atoms with Gasteiger partial charge in [-0.2, -0.15) is 0 Å². The molecule has 0 atom stereocenters. The highest BCUT2D eigenvalue weighted by Gasteiger charge is 2.21. The van der Waals surface area contributed by atoms with E-state index in [1.807, 2.05) is 19.1 Å². The van der Waals surface area contributed by atoms with Crippen LogP contribution in [0.4, 0.5) is 10.1 Å². The van der Waals surface area contributed by atoms with Crippen molar-refractivity contribution in [2.24, 2.45) is 4.99 Å². The first-order chi connectivity index (χ1) is 10.3. The maximum atomic E-state index is 13.8. The van der Waals surface area contributed by atoms with Crippen molar-refractivity contribution in [3.8, 4) is 12.3 Å². The van der Waals surface area contributed by atoms with E-state index in [0.717, 1.165) is 38.7 Å². The first-order valence-electron chi connectivity index (χ1n) is 7.22. The predicted octanol–water partition coefficient (Wildman–Crippen LogP) is 2.16. The van der Waals surface area contributed by atoms with Crippen LogP contribution in [0.3, 0.4) is 0 Å². The van der Waals surface area contributed by atoms with Crippen LogP contribution in [0.15, 0.2) is 29.3 Å². The maximum absolute atomic E-state index is 13.8. The van der Waals surface area contributed by atoms with Gasteiger partial charge in [0.2, 0.25) is 0 Å². The second-order valence-corrected chi connectivity index (χ2v) is 4.80. The Morgan fingerprint density at radius 1 is 1.32 bits per heavy atom. The Morgan fingerprint density at radius 2 is 2.00 bits per heavy atom. The van der Waals surface area contributed by atoms with Gasteiger partial charge in [-0.3, -0.25) is 0 Å². The standard InChI is InChI=1S/C16H21FN4.HI/c1-3-9-19-16(18-4-2)21-12-10-20(11-13-21)15-8-6-5-7-14(15)17;/h1,5-8H,4,9-13H2,2H3,(H,18,19);1H. The third-order valence-corrected chi connectivity index (χ3v) is 3.43. The van der Waals surface area contributed by atoms with Crippen molar-refractivity contribution in [1.29, 1.82) is 0 Å². The molecule has 1 aromatic carbocycles. The van der Waals surface area contributed by atoms with E-state index in [0.29, 0.717) is 12.2 Å². The Morgan fingerprint density at radius 3 is 2.59 bits per heavy atom. The number of benzene rings is 1. The van der Waals surface area contributed by atoms with Crippen molar-refractivity contribution in [3.05, 3.63) is 30.1 Å². The van der Waals surface area contributed by atoms with Crippen LogP contribution in [-0.4, -0.2) is 50.1 Å². The second-order valence-electron chi connectivity index (χ2n) is 4.80. The fourth-order valence-electron chi connectivity index (χ4n) is 2.41. The molecule has 6 heteroatoms. The number of guanidine groups is 1. The maximum Gasteiger partial charge on any atom is 0.195 e. The van der Waals surface area contributed by atoms with Gasteiger partial charge >= 0.3 is 0 Å². The molecule has 22 heavy (non-hydrogen) atoms. The molecule has 0 saturated carbocycles. The molecule has 1 saturated heterocycles. The van der Waals surface area contributed by atoms with E-state index in [4.69, 9.17) is 6.42 Å². The Kier molecular flexibility index (Phi) is 8.02. The quantitative estimate of drug-likeness (QED) is 0.355. The van der Waals surface area contributed by atoms with Gasteiger partial charge in [0.15, 0.2) is 5.96 Å². The van der Waals surface area contributed by atoms with Gasteiger partial charge in [-0.25, -0.2) is 9.38 Å². The lowest BCUT2D eigenvalue weighted by Gasteiger charge is -2.37. The van der Waals surface area contributed by atoms with E-state index in [-0.39, 0.29) is 29.8 Å². The first kappa shape index (κ1) is 18.6. The molecular formula is C16H22FIN4. The van der Waals surface area contributed by atoms with Crippen LogP contribution in [-0.2, 0) is 0 Å². The molecule has 0 spiro atoms. The normalized spacial score (nSPS) is 15.0. The van der Waals surface area contributed by atoms with Crippen LogP contribution in [0.1, 0.15) is 6.92 Å². The van der Waals surface area contributed by atoms with Gasteiger partial charge in [0.05, 0.1) is 5.69 Å². The van der Waals surface area contributed by atoms with Crippen molar-refractivity contribution in [1.82, 2.24) is 10.2 Å². The lowest BCUT2D eigenvalue weighted by molar-refractivity contribution is 0.371.